The molecule has 122 valence electrons. The largest absolute Gasteiger partial charge is 0.535 e. The summed E-state index contributed by atoms with van der Waals surface area (Å²) in [6.45, 7) is 1.39. The Morgan fingerprint density at radius 2 is 2.04 bits per heavy atom. The second-order valence-corrected chi connectivity index (χ2v) is 5.63. The smallest absolute Gasteiger partial charge is 0.526 e. The van der Waals surface area contributed by atoms with Crippen molar-refractivity contribution in [3.63, 3.8) is 0 Å². The van der Waals surface area contributed by atoms with Gasteiger partial charge in [0.25, 0.3) is 0 Å². The quantitative estimate of drug-likeness (QED) is 0.772. The molecule has 6 nitrogen and oxygen atoms in total. The van der Waals surface area contributed by atoms with Crippen molar-refractivity contribution in [3.05, 3.63) is 29.1 Å². The van der Waals surface area contributed by atoms with Crippen LogP contribution in [0, 0.1) is 5.82 Å². The number of ketones is 2. The maximum absolute atomic E-state index is 13.6. The molecule has 1 aromatic carbocycles. The lowest BCUT2D eigenvalue weighted by Gasteiger charge is -2.28. The third-order valence-corrected chi connectivity index (χ3v) is 3.77. The van der Waals surface area contributed by atoms with Crippen LogP contribution in [0.15, 0.2) is 12.1 Å². The van der Waals surface area contributed by atoms with E-state index in [1.807, 2.05) is 0 Å². The molecular formula is C15H16BFO6. The van der Waals surface area contributed by atoms with Crippen molar-refractivity contribution in [3.8, 4) is 5.75 Å². The number of carbonyl (C=O) groups is 3. The molecular weight excluding hydrogens is 306 g/mol. The van der Waals surface area contributed by atoms with E-state index in [1.165, 1.54) is 13.0 Å². The van der Waals surface area contributed by atoms with E-state index in [4.69, 9.17) is 9.76 Å². The predicted octanol–water partition coefficient (Wildman–Crippen LogP) is 1.64. The van der Waals surface area contributed by atoms with Gasteiger partial charge in [0.2, 0.25) is 0 Å². The molecule has 1 aromatic rings. The number of carboxylic acid groups (broad SMARTS) is 1. The van der Waals surface area contributed by atoms with Gasteiger partial charge in [-0.15, -0.1) is 0 Å². The van der Waals surface area contributed by atoms with Gasteiger partial charge in [-0.25, -0.2) is 9.18 Å². The molecule has 2 rings (SSSR count). The van der Waals surface area contributed by atoms with Crippen LogP contribution in [0.2, 0.25) is 5.82 Å². The Bertz CT molecular complexity index is 660. The fourth-order valence-electron chi connectivity index (χ4n) is 2.58. The molecule has 0 spiro atoms. The first-order valence-corrected chi connectivity index (χ1v) is 7.20. The van der Waals surface area contributed by atoms with Gasteiger partial charge < -0.3 is 19.6 Å². The monoisotopic (exact) mass is 322 g/mol. The van der Waals surface area contributed by atoms with E-state index in [9.17, 15) is 23.8 Å². The summed E-state index contributed by atoms with van der Waals surface area (Å²) in [6.07, 6.45) is 0.444. The number of Topliss-reactive ketones (excluding diaryl/α,β-unsaturated/α-hetero) is 2. The third kappa shape index (κ3) is 3.95. The maximum atomic E-state index is 13.6. The van der Waals surface area contributed by atoms with E-state index >= 15 is 0 Å². The molecule has 0 saturated carbocycles. The molecule has 0 fully saturated rings. The molecule has 0 amide bonds. The van der Waals surface area contributed by atoms with Crippen LogP contribution < -0.4 is 4.65 Å². The van der Waals surface area contributed by atoms with E-state index in [1.54, 1.807) is 0 Å². The topological polar surface area (TPSA) is 101 Å². The van der Waals surface area contributed by atoms with Crippen molar-refractivity contribution in [2.24, 2.45) is 0 Å². The number of carboxylic acids is 1. The van der Waals surface area contributed by atoms with Gasteiger partial charge in [0, 0.05) is 25.1 Å². The number of halogens is 1. The highest BCUT2D eigenvalue weighted by Gasteiger charge is 2.38. The maximum Gasteiger partial charge on any atom is 0.526 e. The van der Waals surface area contributed by atoms with Gasteiger partial charge in [-0.1, -0.05) is 6.07 Å². The zero-order chi connectivity index (χ0) is 17.1. The Hall–Kier alpha value is -2.22. The molecule has 2 N–H and O–H groups in total. The zero-order valence-corrected chi connectivity index (χ0v) is 12.5. The number of fused-ring (bicyclic) bond motifs is 1. The molecule has 8 heteroatoms. The van der Waals surface area contributed by atoms with Gasteiger partial charge >= 0.3 is 13.1 Å². The Balaban J connectivity index is 2.15. The lowest BCUT2D eigenvalue weighted by Crippen LogP contribution is -2.36. The van der Waals surface area contributed by atoms with Crippen LogP contribution >= 0.6 is 0 Å². The normalized spacial score (nSPS) is 16.5. The van der Waals surface area contributed by atoms with Crippen LogP contribution in [-0.4, -0.2) is 34.8 Å². The fraction of sp³-hybridized carbons (Fsp3) is 0.400. The van der Waals surface area contributed by atoms with Crippen LogP contribution in [0.1, 0.15) is 42.1 Å². The first-order valence-electron chi connectivity index (χ1n) is 7.20. The molecule has 0 radical (unpaired) electrons. The highest BCUT2D eigenvalue weighted by atomic mass is 19.1. The SMILES string of the molecule is CC(=O)CCC(=O)C[C@H]1Cc2ccc(F)c(C(=O)O)c2OB1O. The van der Waals surface area contributed by atoms with Gasteiger partial charge in [-0.2, -0.15) is 0 Å². The number of benzene rings is 1. The summed E-state index contributed by atoms with van der Waals surface area (Å²) >= 11 is 0. The standard InChI is InChI=1S/C15H16BFO6/c1-8(18)2-4-11(19)7-10-6-9-3-5-12(17)13(15(20)21)14(9)23-16(10)22/h3,5,10,22H,2,4,6-7H2,1H3,(H,20,21)/t10-/m1/s1. The van der Waals surface area contributed by atoms with Crippen LogP contribution in [0.25, 0.3) is 0 Å². The molecule has 0 aromatic heterocycles. The lowest BCUT2D eigenvalue weighted by molar-refractivity contribution is -0.123. The van der Waals surface area contributed by atoms with Crippen molar-refractivity contribution >= 4 is 24.7 Å². The molecule has 1 heterocycles. The zero-order valence-electron chi connectivity index (χ0n) is 12.5. The van der Waals surface area contributed by atoms with E-state index < -0.39 is 30.3 Å². The van der Waals surface area contributed by atoms with Crippen molar-refractivity contribution in [1.82, 2.24) is 0 Å². The van der Waals surface area contributed by atoms with Crippen molar-refractivity contribution < 1.29 is 33.6 Å². The molecule has 1 atom stereocenters. The second-order valence-electron chi connectivity index (χ2n) is 5.63. The summed E-state index contributed by atoms with van der Waals surface area (Å²) in [7, 11) is -1.40. The molecule has 0 aliphatic carbocycles. The van der Waals surface area contributed by atoms with Crippen molar-refractivity contribution in [1.29, 1.82) is 0 Å². The molecule has 23 heavy (non-hydrogen) atoms. The number of aromatic carboxylic acids is 1. The van der Waals surface area contributed by atoms with E-state index in [-0.39, 0.29) is 43.0 Å². The van der Waals surface area contributed by atoms with Gasteiger partial charge in [-0.3, -0.25) is 4.79 Å². The molecule has 1 aliphatic heterocycles. The van der Waals surface area contributed by atoms with Gasteiger partial charge in [0.15, 0.2) is 0 Å². The van der Waals surface area contributed by atoms with Crippen molar-refractivity contribution in [2.75, 3.05) is 0 Å². The average Bonchev–Trinajstić information content (AvgIpc) is 2.45. The van der Waals surface area contributed by atoms with Crippen LogP contribution in [0.4, 0.5) is 4.39 Å². The highest BCUT2D eigenvalue weighted by Crippen LogP contribution is 2.37. The summed E-state index contributed by atoms with van der Waals surface area (Å²) in [6, 6.07) is 2.41. The summed E-state index contributed by atoms with van der Waals surface area (Å²) < 4.78 is 18.8. The first kappa shape index (κ1) is 17.1. The van der Waals surface area contributed by atoms with E-state index in [0.717, 1.165) is 6.07 Å². The number of hydrogen-bond acceptors (Lipinski definition) is 5. The minimum atomic E-state index is -1.48. The summed E-state index contributed by atoms with van der Waals surface area (Å²) in [5.74, 6) is -3.46. The summed E-state index contributed by atoms with van der Waals surface area (Å²) in [5, 5.41) is 19.0. The number of carbonyl (C=O) groups excluding carboxylic acids is 2. The van der Waals surface area contributed by atoms with Crippen LogP contribution in [0.3, 0.4) is 0 Å². The minimum absolute atomic E-state index is 0.00761. The van der Waals surface area contributed by atoms with E-state index in [0.29, 0.717) is 5.56 Å². The Labute approximate surface area is 132 Å². The lowest BCUT2D eigenvalue weighted by atomic mass is 9.64. The number of hydrogen-bond donors (Lipinski definition) is 2. The van der Waals surface area contributed by atoms with Crippen molar-refractivity contribution in [2.45, 2.75) is 38.4 Å². The predicted molar refractivity (Wildman–Crippen MR) is 79.0 cm³/mol. The summed E-state index contributed by atoms with van der Waals surface area (Å²) in [5.41, 5.74) is -0.193. The van der Waals surface area contributed by atoms with Gasteiger partial charge in [0.1, 0.15) is 28.7 Å². The Morgan fingerprint density at radius 3 is 2.65 bits per heavy atom. The fourth-order valence-corrected chi connectivity index (χ4v) is 2.58. The van der Waals surface area contributed by atoms with Crippen LogP contribution in [-0.2, 0) is 16.0 Å². The highest BCUT2D eigenvalue weighted by molar-refractivity contribution is 6.47. The Kier molecular flexibility index (Phi) is 5.15. The Morgan fingerprint density at radius 1 is 1.35 bits per heavy atom. The average molecular weight is 322 g/mol. The molecule has 0 unspecified atom stereocenters. The van der Waals surface area contributed by atoms with Crippen LogP contribution in [0.5, 0.6) is 5.75 Å². The first-order chi connectivity index (χ1) is 10.8. The van der Waals surface area contributed by atoms with Gasteiger partial charge in [-0.05, 0) is 25.0 Å². The third-order valence-electron chi connectivity index (χ3n) is 3.77. The molecule has 1 aliphatic rings. The minimum Gasteiger partial charge on any atom is -0.535 e. The van der Waals surface area contributed by atoms with Gasteiger partial charge in [0.05, 0.1) is 0 Å². The van der Waals surface area contributed by atoms with E-state index in [2.05, 4.69) is 0 Å². The number of rotatable bonds is 6. The second kappa shape index (κ2) is 6.91. The summed E-state index contributed by atoms with van der Waals surface area (Å²) in [4.78, 5) is 33.8. The molecule has 0 bridgehead atoms. The molecule has 0 saturated heterocycles.